The van der Waals surface area contributed by atoms with Crippen LogP contribution in [0.3, 0.4) is 0 Å². The average molecular weight is 375 g/mol. The molecule has 0 aliphatic carbocycles. The SMILES string of the molecule is O=C(Nc1ccccc1)c1ccc(-n2nncc2-c2ccc(Cl)cc2)cc1. The maximum Gasteiger partial charge on any atom is 0.255 e. The highest BCUT2D eigenvalue weighted by molar-refractivity contribution is 6.30. The van der Waals surface area contributed by atoms with E-state index in [2.05, 4.69) is 15.6 Å². The van der Waals surface area contributed by atoms with Gasteiger partial charge >= 0.3 is 0 Å². The fourth-order valence-corrected chi connectivity index (χ4v) is 2.85. The quantitative estimate of drug-likeness (QED) is 0.556. The number of halogens is 1. The van der Waals surface area contributed by atoms with Crippen LogP contribution < -0.4 is 5.32 Å². The maximum absolute atomic E-state index is 12.4. The van der Waals surface area contributed by atoms with Crippen molar-refractivity contribution in [3.8, 4) is 16.9 Å². The highest BCUT2D eigenvalue weighted by atomic mass is 35.5. The minimum Gasteiger partial charge on any atom is -0.322 e. The van der Waals surface area contributed by atoms with Crippen molar-refractivity contribution >= 4 is 23.2 Å². The Morgan fingerprint density at radius 3 is 2.30 bits per heavy atom. The summed E-state index contributed by atoms with van der Waals surface area (Å²) >= 11 is 5.96. The van der Waals surface area contributed by atoms with Gasteiger partial charge in [0.2, 0.25) is 0 Å². The van der Waals surface area contributed by atoms with Gasteiger partial charge in [0.1, 0.15) is 0 Å². The van der Waals surface area contributed by atoms with Crippen molar-refractivity contribution in [1.82, 2.24) is 15.0 Å². The van der Waals surface area contributed by atoms with Crippen LogP contribution in [-0.4, -0.2) is 20.9 Å². The second-order valence-electron chi connectivity index (χ2n) is 5.90. The molecule has 1 amide bonds. The topological polar surface area (TPSA) is 59.8 Å². The summed E-state index contributed by atoms with van der Waals surface area (Å²) in [6.07, 6.45) is 1.69. The van der Waals surface area contributed by atoms with Gasteiger partial charge in [-0.2, -0.15) is 0 Å². The third-order valence-corrected chi connectivity index (χ3v) is 4.35. The van der Waals surface area contributed by atoms with Gasteiger partial charge in [0.05, 0.1) is 17.6 Å². The van der Waals surface area contributed by atoms with Crippen molar-refractivity contribution in [2.75, 3.05) is 5.32 Å². The molecule has 0 unspecified atom stereocenters. The Bertz CT molecular complexity index is 1060. The van der Waals surface area contributed by atoms with Crippen LogP contribution in [0.1, 0.15) is 10.4 Å². The normalized spacial score (nSPS) is 10.6. The van der Waals surface area contributed by atoms with E-state index in [-0.39, 0.29) is 5.91 Å². The van der Waals surface area contributed by atoms with Gasteiger partial charge in [-0.15, -0.1) is 5.10 Å². The maximum atomic E-state index is 12.4. The van der Waals surface area contributed by atoms with Crippen LogP contribution in [0.25, 0.3) is 16.9 Å². The monoisotopic (exact) mass is 374 g/mol. The first-order valence-corrected chi connectivity index (χ1v) is 8.72. The Morgan fingerprint density at radius 2 is 1.59 bits per heavy atom. The summed E-state index contributed by atoms with van der Waals surface area (Å²) in [6, 6.07) is 24.0. The zero-order valence-corrected chi connectivity index (χ0v) is 15.0. The van der Waals surface area contributed by atoms with E-state index in [0.717, 1.165) is 22.6 Å². The van der Waals surface area contributed by atoms with Crippen molar-refractivity contribution in [3.63, 3.8) is 0 Å². The number of nitrogens with zero attached hydrogens (tertiary/aromatic N) is 3. The number of hydrogen-bond donors (Lipinski definition) is 1. The van der Waals surface area contributed by atoms with Gasteiger partial charge < -0.3 is 5.32 Å². The summed E-state index contributed by atoms with van der Waals surface area (Å²) in [7, 11) is 0. The second-order valence-corrected chi connectivity index (χ2v) is 6.34. The Balaban J connectivity index is 1.57. The molecule has 4 rings (SSSR count). The molecular weight excluding hydrogens is 360 g/mol. The fourth-order valence-electron chi connectivity index (χ4n) is 2.72. The van der Waals surface area contributed by atoms with Gasteiger partial charge in [-0.05, 0) is 48.5 Å². The molecule has 0 fully saturated rings. The number of benzene rings is 3. The average Bonchev–Trinajstić information content (AvgIpc) is 3.19. The van der Waals surface area contributed by atoms with Crippen LogP contribution in [0.5, 0.6) is 0 Å². The molecule has 0 saturated heterocycles. The first-order chi connectivity index (χ1) is 13.2. The molecule has 5 nitrogen and oxygen atoms in total. The van der Waals surface area contributed by atoms with Crippen LogP contribution >= 0.6 is 11.6 Å². The number of rotatable bonds is 4. The Kier molecular flexibility index (Phi) is 4.68. The molecule has 1 heterocycles. The molecule has 0 spiro atoms. The Morgan fingerprint density at radius 1 is 0.889 bits per heavy atom. The lowest BCUT2D eigenvalue weighted by molar-refractivity contribution is 0.102. The van der Waals surface area contributed by atoms with E-state index in [4.69, 9.17) is 11.6 Å². The summed E-state index contributed by atoms with van der Waals surface area (Å²) in [5.74, 6) is -0.163. The number of nitrogens with one attached hydrogen (secondary N) is 1. The van der Waals surface area contributed by atoms with E-state index >= 15 is 0 Å². The molecule has 0 aliphatic rings. The van der Waals surface area contributed by atoms with Gasteiger partial charge in [-0.25, -0.2) is 4.68 Å². The molecule has 6 heteroatoms. The first kappa shape index (κ1) is 17.0. The summed E-state index contributed by atoms with van der Waals surface area (Å²) in [5, 5.41) is 11.7. The van der Waals surface area contributed by atoms with E-state index in [1.165, 1.54) is 0 Å². The number of aromatic nitrogens is 3. The van der Waals surface area contributed by atoms with Gasteiger partial charge in [-0.1, -0.05) is 47.1 Å². The van der Waals surface area contributed by atoms with Gasteiger partial charge in [0.15, 0.2) is 0 Å². The van der Waals surface area contributed by atoms with Crippen molar-refractivity contribution in [2.24, 2.45) is 0 Å². The van der Waals surface area contributed by atoms with E-state index < -0.39 is 0 Å². The Hall–Kier alpha value is -3.44. The molecule has 4 aromatic rings. The lowest BCUT2D eigenvalue weighted by Crippen LogP contribution is -2.11. The van der Waals surface area contributed by atoms with Crippen molar-refractivity contribution in [3.05, 3.63) is 95.6 Å². The number of hydrogen-bond acceptors (Lipinski definition) is 3. The largest absolute Gasteiger partial charge is 0.322 e. The molecule has 3 aromatic carbocycles. The second kappa shape index (κ2) is 7.43. The molecular formula is C21H15ClN4O. The zero-order valence-electron chi connectivity index (χ0n) is 14.2. The molecule has 1 aromatic heterocycles. The molecule has 0 saturated carbocycles. The van der Waals surface area contributed by atoms with Crippen LogP contribution in [0.15, 0.2) is 85.1 Å². The number of para-hydroxylation sites is 1. The van der Waals surface area contributed by atoms with Gasteiger partial charge in [0.25, 0.3) is 5.91 Å². The van der Waals surface area contributed by atoms with E-state index in [9.17, 15) is 4.79 Å². The van der Waals surface area contributed by atoms with Crippen molar-refractivity contribution in [2.45, 2.75) is 0 Å². The number of carbonyl (C=O) groups excluding carboxylic acids is 1. The standard InChI is InChI=1S/C21H15ClN4O/c22-17-10-6-15(7-11-17)20-14-23-25-26(20)19-12-8-16(9-13-19)21(27)24-18-4-2-1-3-5-18/h1-14H,(H,24,27). The van der Waals surface area contributed by atoms with Gasteiger partial charge in [0, 0.05) is 21.8 Å². The highest BCUT2D eigenvalue weighted by Crippen LogP contribution is 2.23. The molecule has 0 radical (unpaired) electrons. The molecule has 27 heavy (non-hydrogen) atoms. The van der Waals surface area contributed by atoms with Crippen LogP contribution in [0.2, 0.25) is 5.02 Å². The van der Waals surface area contributed by atoms with Crippen LogP contribution in [0.4, 0.5) is 5.69 Å². The van der Waals surface area contributed by atoms with Crippen molar-refractivity contribution < 1.29 is 4.79 Å². The van der Waals surface area contributed by atoms with E-state index in [0.29, 0.717) is 10.6 Å². The third-order valence-electron chi connectivity index (χ3n) is 4.09. The minimum atomic E-state index is -0.163. The molecule has 1 N–H and O–H groups in total. The smallest absolute Gasteiger partial charge is 0.255 e. The van der Waals surface area contributed by atoms with Crippen LogP contribution in [0, 0.1) is 0 Å². The zero-order chi connectivity index (χ0) is 18.6. The lowest BCUT2D eigenvalue weighted by Gasteiger charge is -2.08. The van der Waals surface area contributed by atoms with Gasteiger partial charge in [-0.3, -0.25) is 4.79 Å². The molecule has 0 aliphatic heterocycles. The third kappa shape index (κ3) is 3.73. The predicted octanol–water partition coefficient (Wildman–Crippen LogP) is 4.84. The Labute approximate surface area is 161 Å². The summed E-state index contributed by atoms with van der Waals surface area (Å²) < 4.78 is 1.72. The van der Waals surface area contributed by atoms with E-state index in [1.54, 1.807) is 23.0 Å². The lowest BCUT2D eigenvalue weighted by atomic mass is 10.1. The highest BCUT2D eigenvalue weighted by Gasteiger charge is 2.11. The minimum absolute atomic E-state index is 0.163. The predicted molar refractivity (Wildman–Crippen MR) is 106 cm³/mol. The van der Waals surface area contributed by atoms with E-state index in [1.807, 2.05) is 66.7 Å². The number of carbonyl (C=O) groups is 1. The molecule has 0 atom stereocenters. The number of anilines is 1. The van der Waals surface area contributed by atoms with Crippen molar-refractivity contribution in [1.29, 1.82) is 0 Å². The summed E-state index contributed by atoms with van der Waals surface area (Å²) in [6.45, 7) is 0. The molecule has 132 valence electrons. The summed E-state index contributed by atoms with van der Waals surface area (Å²) in [5.41, 5.74) is 3.93. The number of amides is 1. The van der Waals surface area contributed by atoms with Crippen LogP contribution in [-0.2, 0) is 0 Å². The summed E-state index contributed by atoms with van der Waals surface area (Å²) in [4.78, 5) is 12.4. The molecule has 0 bridgehead atoms. The first-order valence-electron chi connectivity index (χ1n) is 8.34. The fraction of sp³-hybridized carbons (Fsp3) is 0.